The van der Waals surface area contributed by atoms with Gasteiger partial charge in [0.25, 0.3) is 0 Å². The van der Waals surface area contributed by atoms with E-state index < -0.39 is 11.5 Å². The Morgan fingerprint density at radius 2 is 2.00 bits per heavy atom. The van der Waals surface area contributed by atoms with Gasteiger partial charge in [-0.25, -0.2) is 9.59 Å². The predicted octanol–water partition coefficient (Wildman–Crippen LogP) is 2.25. The molecule has 2 aliphatic heterocycles. The number of carbonyl (C=O) groups is 3. The Kier molecular flexibility index (Phi) is 6.55. The summed E-state index contributed by atoms with van der Waals surface area (Å²) in [6.45, 7) is 2.13. The summed E-state index contributed by atoms with van der Waals surface area (Å²) in [6.07, 6.45) is 6.83. The number of hydrogen-bond donors (Lipinski definition) is 4. The van der Waals surface area contributed by atoms with Gasteiger partial charge >= 0.3 is 12.0 Å². The molecular formula is C19H31N3O4S. The van der Waals surface area contributed by atoms with Crippen LogP contribution < -0.4 is 16.0 Å². The molecule has 0 spiro atoms. The van der Waals surface area contributed by atoms with E-state index in [0.717, 1.165) is 44.3 Å². The summed E-state index contributed by atoms with van der Waals surface area (Å²) in [5.74, 6) is 0.463. The molecule has 7 nitrogen and oxygen atoms in total. The highest BCUT2D eigenvalue weighted by Crippen LogP contribution is 2.35. The van der Waals surface area contributed by atoms with Crippen LogP contribution >= 0.6 is 11.8 Å². The van der Waals surface area contributed by atoms with Crippen molar-refractivity contribution in [3.8, 4) is 0 Å². The van der Waals surface area contributed by atoms with Crippen LogP contribution in [0, 0.1) is 5.92 Å². The highest BCUT2D eigenvalue weighted by Gasteiger charge is 2.43. The summed E-state index contributed by atoms with van der Waals surface area (Å²) >= 11 is 1.87. The lowest BCUT2D eigenvalue weighted by Crippen LogP contribution is -2.56. The third-order valence-electron chi connectivity index (χ3n) is 6.40. The molecule has 2 heterocycles. The van der Waals surface area contributed by atoms with Gasteiger partial charge in [0.05, 0.1) is 12.1 Å². The normalized spacial score (nSPS) is 35.2. The van der Waals surface area contributed by atoms with Gasteiger partial charge in [0, 0.05) is 17.4 Å². The van der Waals surface area contributed by atoms with Crippen LogP contribution in [0.2, 0.25) is 0 Å². The molecule has 3 atom stereocenters. The number of carboxylic acids is 1. The number of carboxylic acid groups (broad SMARTS) is 1. The second-order valence-electron chi connectivity index (χ2n) is 8.15. The minimum atomic E-state index is -1.07. The molecule has 8 heteroatoms. The van der Waals surface area contributed by atoms with E-state index in [1.54, 1.807) is 0 Å². The molecule has 3 aliphatic rings. The first-order chi connectivity index (χ1) is 12.9. The summed E-state index contributed by atoms with van der Waals surface area (Å²) in [6, 6.07) is 0.344. The van der Waals surface area contributed by atoms with Crippen molar-refractivity contribution in [2.45, 2.75) is 87.6 Å². The molecule has 0 aromatic carbocycles. The van der Waals surface area contributed by atoms with Crippen LogP contribution in [-0.4, -0.2) is 51.6 Å². The number of amides is 3. The SMILES string of the molecule is CCC1CCC(NC(=O)CCCC[C@@H]2SC[C@@H]3NC(=O)N[C@@H]32)(C(=O)O)CC1. The smallest absolute Gasteiger partial charge is 0.329 e. The van der Waals surface area contributed by atoms with Crippen molar-refractivity contribution in [1.29, 1.82) is 0 Å². The molecule has 0 aromatic heterocycles. The first kappa shape index (κ1) is 20.3. The first-order valence-corrected chi connectivity index (χ1v) is 11.2. The number of unbranched alkanes of at least 4 members (excludes halogenated alkanes) is 1. The predicted molar refractivity (Wildman–Crippen MR) is 105 cm³/mol. The molecule has 152 valence electrons. The molecule has 0 bridgehead atoms. The van der Waals surface area contributed by atoms with E-state index in [4.69, 9.17) is 0 Å². The second kappa shape index (κ2) is 8.71. The van der Waals surface area contributed by atoms with E-state index in [0.29, 0.717) is 30.4 Å². The average molecular weight is 398 g/mol. The Labute approximate surface area is 164 Å². The fourth-order valence-corrected chi connectivity index (χ4v) is 6.12. The maximum absolute atomic E-state index is 12.3. The lowest BCUT2D eigenvalue weighted by atomic mass is 9.75. The van der Waals surface area contributed by atoms with Gasteiger partial charge in [0.1, 0.15) is 5.54 Å². The van der Waals surface area contributed by atoms with E-state index >= 15 is 0 Å². The van der Waals surface area contributed by atoms with Crippen LogP contribution in [0.15, 0.2) is 0 Å². The topological polar surface area (TPSA) is 108 Å². The summed E-state index contributed by atoms with van der Waals surface area (Å²) in [5, 5.41) is 18.8. The zero-order chi connectivity index (χ0) is 19.4. The Morgan fingerprint density at radius 1 is 1.26 bits per heavy atom. The van der Waals surface area contributed by atoms with Crippen molar-refractivity contribution in [2.75, 3.05) is 5.75 Å². The monoisotopic (exact) mass is 397 g/mol. The van der Waals surface area contributed by atoms with Gasteiger partial charge in [0.15, 0.2) is 0 Å². The second-order valence-corrected chi connectivity index (χ2v) is 9.43. The van der Waals surface area contributed by atoms with E-state index in [1.165, 1.54) is 0 Å². The maximum atomic E-state index is 12.3. The number of thioether (sulfide) groups is 1. The fourth-order valence-electron chi connectivity index (χ4n) is 4.57. The molecule has 3 amide bonds. The zero-order valence-electron chi connectivity index (χ0n) is 16.0. The van der Waals surface area contributed by atoms with E-state index in [9.17, 15) is 19.5 Å². The lowest BCUT2D eigenvalue weighted by Gasteiger charge is -2.37. The number of carbonyl (C=O) groups excluding carboxylic acids is 2. The molecule has 1 aliphatic carbocycles. The van der Waals surface area contributed by atoms with Gasteiger partial charge in [-0.05, 0) is 44.4 Å². The van der Waals surface area contributed by atoms with Gasteiger partial charge in [-0.2, -0.15) is 11.8 Å². The highest BCUT2D eigenvalue weighted by atomic mass is 32.2. The number of hydrogen-bond acceptors (Lipinski definition) is 4. The molecule has 0 unspecified atom stereocenters. The third kappa shape index (κ3) is 4.70. The van der Waals surface area contributed by atoms with Crippen molar-refractivity contribution in [2.24, 2.45) is 5.92 Å². The van der Waals surface area contributed by atoms with Crippen molar-refractivity contribution in [3.05, 3.63) is 0 Å². The van der Waals surface area contributed by atoms with Gasteiger partial charge in [-0.1, -0.05) is 19.8 Å². The van der Waals surface area contributed by atoms with Crippen molar-refractivity contribution < 1.29 is 19.5 Å². The molecule has 0 aromatic rings. The summed E-state index contributed by atoms with van der Waals surface area (Å²) in [5.41, 5.74) is -1.07. The third-order valence-corrected chi connectivity index (χ3v) is 7.91. The molecule has 27 heavy (non-hydrogen) atoms. The Morgan fingerprint density at radius 3 is 2.67 bits per heavy atom. The Bertz CT molecular complexity index is 577. The number of fused-ring (bicyclic) bond motifs is 1. The first-order valence-electron chi connectivity index (χ1n) is 10.2. The Hall–Kier alpha value is -1.44. The quantitative estimate of drug-likeness (QED) is 0.371. The molecule has 4 N–H and O–H groups in total. The van der Waals surface area contributed by atoms with Crippen molar-refractivity contribution in [1.82, 2.24) is 16.0 Å². The molecule has 2 saturated heterocycles. The summed E-state index contributed by atoms with van der Waals surface area (Å²) < 4.78 is 0. The van der Waals surface area contributed by atoms with Crippen LogP contribution in [0.4, 0.5) is 4.79 Å². The van der Waals surface area contributed by atoms with E-state index in [1.807, 2.05) is 11.8 Å². The van der Waals surface area contributed by atoms with Crippen LogP contribution in [0.25, 0.3) is 0 Å². The van der Waals surface area contributed by atoms with Crippen LogP contribution in [0.3, 0.4) is 0 Å². The molecule has 1 saturated carbocycles. The molecule has 3 rings (SSSR count). The Balaban J connectivity index is 1.39. The van der Waals surface area contributed by atoms with Gasteiger partial charge in [0.2, 0.25) is 5.91 Å². The fraction of sp³-hybridized carbons (Fsp3) is 0.842. The number of rotatable bonds is 8. The number of nitrogens with one attached hydrogen (secondary N) is 3. The number of urea groups is 1. The summed E-state index contributed by atoms with van der Waals surface area (Å²) in [7, 11) is 0. The lowest BCUT2D eigenvalue weighted by molar-refractivity contribution is -0.149. The van der Waals surface area contributed by atoms with Gasteiger partial charge in [-0.3, -0.25) is 4.79 Å². The van der Waals surface area contributed by atoms with E-state index in [2.05, 4.69) is 22.9 Å². The minimum absolute atomic E-state index is 0.0774. The molecule has 3 fully saturated rings. The van der Waals surface area contributed by atoms with Crippen LogP contribution in [-0.2, 0) is 9.59 Å². The maximum Gasteiger partial charge on any atom is 0.329 e. The zero-order valence-corrected chi connectivity index (χ0v) is 16.8. The molecular weight excluding hydrogens is 366 g/mol. The van der Waals surface area contributed by atoms with Crippen LogP contribution in [0.5, 0.6) is 0 Å². The standard InChI is InChI=1S/C19H31N3O4S/c1-2-12-7-9-19(10-8-12,17(24)25)22-15(23)6-4-3-5-14-16-13(11-27-14)20-18(26)21-16/h12-14,16H,2-11H2,1H3,(H,22,23)(H,24,25)(H2,20,21,26)/t12?,13-,14-,16-,19?/m0/s1. The van der Waals surface area contributed by atoms with Gasteiger partial charge in [-0.15, -0.1) is 0 Å². The van der Waals surface area contributed by atoms with Crippen molar-refractivity contribution >= 4 is 29.7 Å². The number of aliphatic carboxylic acids is 1. The summed E-state index contributed by atoms with van der Waals surface area (Å²) in [4.78, 5) is 35.5. The van der Waals surface area contributed by atoms with Crippen molar-refractivity contribution in [3.63, 3.8) is 0 Å². The van der Waals surface area contributed by atoms with Gasteiger partial charge < -0.3 is 21.1 Å². The average Bonchev–Trinajstić information content (AvgIpc) is 3.18. The van der Waals surface area contributed by atoms with E-state index in [-0.39, 0.29) is 24.0 Å². The van der Waals surface area contributed by atoms with Crippen LogP contribution in [0.1, 0.15) is 64.7 Å². The largest absolute Gasteiger partial charge is 0.480 e. The highest BCUT2D eigenvalue weighted by molar-refractivity contribution is 8.00. The minimum Gasteiger partial charge on any atom is -0.480 e. The molecule has 0 radical (unpaired) electrons.